The van der Waals surface area contributed by atoms with E-state index in [0.717, 1.165) is 16.3 Å². The number of hydrogen-bond donors (Lipinski definition) is 1. The van der Waals surface area contributed by atoms with Gasteiger partial charge in [-0.25, -0.2) is 0 Å². The van der Waals surface area contributed by atoms with Crippen LogP contribution in [0.3, 0.4) is 0 Å². The summed E-state index contributed by atoms with van der Waals surface area (Å²) in [6, 6.07) is 18.2. The third-order valence-corrected chi connectivity index (χ3v) is 5.87. The van der Waals surface area contributed by atoms with Crippen LogP contribution < -0.4 is 10.2 Å². The molecule has 0 bridgehead atoms. The summed E-state index contributed by atoms with van der Waals surface area (Å²) in [6.45, 7) is -0.0756. The lowest BCUT2D eigenvalue weighted by molar-refractivity contribution is -0.121. The normalized spacial score (nSPS) is 16.4. The van der Waals surface area contributed by atoms with E-state index in [0.29, 0.717) is 10.7 Å². The van der Waals surface area contributed by atoms with E-state index in [1.807, 2.05) is 36.4 Å². The Kier molecular flexibility index (Phi) is 5.41. The van der Waals surface area contributed by atoms with Gasteiger partial charge in [0.25, 0.3) is 0 Å². The second-order valence-electron chi connectivity index (χ2n) is 6.33. The highest BCUT2D eigenvalue weighted by Gasteiger charge is 2.31. The second kappa shape index (κ2) is 8.12. The van der Waals surface area contributed by atoms with Crippen molar-refractivity contribution in [1.29, 1.82) is 0 Å². The van der Waals surface area contributed by atoms with Crippen molar-refractivity contribution in [3.63, 3.8) is 0 Å². The molecular formula is C21H17ClN2O3S. The van der Waals surface area contributed by atoms with Gasteiger partial charge in [-0.2, -0.15) is 0 Å². The number of rotatable bonds is 4. The summed E-state index contributed by atoms with van der Waals surface area (Å²) in [4.78, 5) is 28.1. The van der Waals surface area contributed by atoms with Crippen molar-refractivity contribution in [1.82, 2.24) is 0 Å². The first-order valence-electron chi connectivity index (χ1n) is 8.75. The molecule has 3 aromatic rings. The summed E-state index contributed by atoms with van der Waals surface area (Å²) in [7, 11) is 0. The molecule has 4 rings (SSSR count). The molecule has 1 aromatic heterocycles. The number of amides is 2. The zero-order valence-electron chi connectivity index (χ0n) is 14.8. The number of anilines is 2. The highest BCUT2D eigenvalue weighted by Crippen LogP contribution is 2.45. The summed E-state index contributed by atoms with van der Waals surface area (Å²) in [5.74, 6) is 0.338. The third-order valence-electron chi connectivity index (χ3n) is 4.36. The van der Waals surface area contributed by atoms with E-state index in [1.165, 1.54) is 4.90 Å². The molecule has 0 spiro atoms. The lowest BCUT2D eigenvalue weighted by Crippen LogP contribution is -2.38. The largest absolute Gasteiger partial charge is 0.468 e. The minimum Gasteiger partial charge on any atom is -0.468 e. The number of furan rings is 1. The monoisotopic (exact) mass is 412 g/mol. The molecule has 1 N–H and O–H groups in total. The number of nitrogens with zero attached hydrogens (tertiary/aromatic N) is 1. The predicted molar refractivity (Wildman–Crippen MR) is 111 cm³/mol. The van der Waals surface area contributed by atoms with Crippen LogP contribution in [0.25, 0.3) is 0 Å². The van der Waals surface area contributed by atoms with Crippen LogP contribution in [-0.2, 0) is 9.59 Å². The number of carbonyl (C=O) groups is 2. The van der Waals surface area contributed by atoms with Crippen LogP contribution in [0.15, 0.2) is 76.2 Å². The van der Waals surface area contributed by atoms with Gasteiger partial charge in [-0.3, -0.25) is 9.59 Å². The Morgan fingerprint density at radius 2 is 2.04 bits per heavy atom. The van der Waals surface area contributed by atoms with Gasteiger partial charge in [0.1, 0.15) is 12.3 Å². The summed E-state index contributed by atoms with van der Waals surface area (Å²) in [5.41, 5.74) is 1.32. The van der Waals surface area contributed by atoms with Crippen molar-refractivity contribution in [2.45, 2.75) is 16.6 Å². The van der Waals surface area contributed by atoms with E-state index < -0.39 is 0 Å². The van der Waals surface area contributed by atoms with Gasteiger partial charge in [0.2, 0.25) is 11.8 Å². The molecule has 0 saturated carbocycles. The Balaban J connectivity index is 1.58. The number of nitrogens with one attached hydrogen (secondary N) is 1. The Bertz CT molecular complexity index is 1010. The predicted octanol–water partition coefficient (Wildman–Crippen LogP) is 5.14. The molecule has 2 heterocycles. The number of para-hydroxylation sites is 1. The quantitative estimate of drug-likeness (QED) is 0.644. The Labute approximate surface area is 171 Å². The maximum atomic E-state index is 13.0. The van der Waals surface area contributed by atoms with Crippen molar-refractivity contribution in [2.75, 3.05) is 16.8 Å². The van der Waals surface area contributed by atoms with Crippen molar-refractivity contribution in [3.8, 4) is 0 Å². The molecule has 2 aromatic carbocycles. The fourth-order valence-corrected chi connectivity index (χ4v) is 4.52. The van der Waals surface area contributed by atoms with Gasteiger partial charge in [-0.1, -0.05) is 29.8 Å². The highest BCUT2D eigenvalue weighted by atomic mass is 35.5. The van der Waals surface area contributed by atoms with Crippen molar-refractivity contribution in [3.05, 3.63) is 77.7 Å². The summed E-state index contributed by atoms with van der Waals surface area (Å²) < 4.78 is 5.52. The maximum Gasteiger partial charge on any atom is 0.244 e. The molecule has 1 aliphatic heterocycles. The summed E-state index contributed by atoms with van der Waals surface area (Å²) in [6.07, 6.45) is 1.85. The van der Waals surface area contributed by atoms with E-state index in [4.69, 9.17) is 16.0 Å². The van der Waals surface area contributed by atoms with Gasteiger partial charge in [0, 0.05) is 22.0 Å². The second-order valence-corrected chi connectivity index (χ2v) is 8.01. The van der Waals surface area contributed by atoms with Gasteiger partial charge in [-0.05, 0) is 42.5 Å². The van der Waals surface area contributed by atoms with Crippen molar-refractivity contribution in [2.24, 2.45) is 0 Å². The highest BCUT2D eigenvalue weighted by molar-refractivity contribution is 7.99. The number of hydrogen-bond acceptors (Lipinski definition) is 4. The number of carbonyl (C=O) groups excluding carboxylic acids is 2. The van der Waals surface area contributed by atoms with Crippen LogP contribution >= 0.6 is 23.4 Å². The van der Waals surface area contributed by atoms with Crippen LogP contribution in [0.1, 0.15) is 17.4 Å². The van der Waals surface area contributed by atoms with Crippen molar-refractivity contribution >= 4 is 46.6 Å². The topological polar surface area (TPSA) is 62.6 Å². The smallest absolute Gasteiger partial charge is 0.244 e. The average molecular weight is 413 g/mol. The minimum absolute atomic E-state index is 0.0756. The van der Waals surface area contributed by atoms with Crippen LogP contribution in [0.2, 0.25) is 5.02 Å². The molecule has 1 aliphatic rings. The first-order chi connectivity index (χ1) is 13.6. The molecule has 0 aliphatic carbocycles. The Morgan fingerprint density at radius 1 is 1.18 bits per heavy atom. The molecule has 0 saturated heterocycles. The molecule has 5 nitrogen and oxygen atoms in total. The first kappa shape index (κ1) is 18.7. The Hall–Kier alpha value is -2.70. The third kappa shape index (κ3) is 4.08. The van der Waals surface area contributed by atoms with Gasteiger partial charge in [0.05, 0.1) is 17.2 Å². The van der Waals surface area contributed by atoms with Gasteiger partial charge < -0.3 is 14.6 Å². The molecule has 142 valence electrons. The van der Waals surface area contributed by atoms with E-state index in [2.05, 4.69) is 5.32 Å². The van der Waals surface area contributed by atoms with E-state index in [9.17, 15) is 9.59 Å². The zero-order chi connectivity index (χ0) is 19.5. The molecule has 2 amide bonds. The lowest BCUT2D eigenvalue weighted by atomic mass is 10.2. The summed E-state index contributed by atoms with van der Waals surface area (Å²) >= 11 is 7.54. The molecule has 0 radical (unpaired) electrons. The molecule has 1 atom stereocenters. The van der Waals surface area contributed by atoms with Crippen LogP contribution in [0.4, 0.5) is 11.4 Å². The minimum atomic E-state index is -0.285. The lowest BCUT2D eigenvalue weighted by Gasteiger charge is -2.22. The standard InChI is InChI=1S/C21H17ClN2O3S/c22-14-5-3-6-15(11-14)23-20(25)13-24-16-7-1-2-9-18(16)28-19(12-21(24)26)17-8-4-10-27-17/h1-11,19H,12-13H2,(H,23,25)/t19-/m1/s1. The number of benzene rings is 2. The molecule has 28 heavy (non-hydrogen) atoms. The maximum absolute atomic E-state index is 13.0. The van der Waals surface area contributed by atoms with Gasteiger partial charge in [0.15, 0.2) is 0 Å². The average Bonchev–Trinajstić information content (AvgIpc) is 3.16. The van der Waals surface area contributed by atoms with Crippen molar-refractivity contribution < 1.29 is 14.0 Å². The van der Waals surface area contributed by atoms with Crippen LogP contribution in [-0.4, -0.2) is 18.4 Å². The van der Waals surface area contributed by atoms with Crippen LogP contribution in [0.5, 0.6) is 0 Å². The number of thioether (sulfide) groups is 1. The zero-order valence-corrected chi connectivity index (χ0v) is 16.4. The number of halogens is 1. The Morgan fingerprint density at radius 3 is 2.82 bits per heavy atom. The fraction of sp³-hybridized carbons (Fsp3) is 0.143. The van der Waals surface area contributed by atoms with Gasteiger partial charge >= 0.3 is 0 Å². The van der Waals surface area contributed by atoms with E-state index >= 15 is 0 Å². The van der Waals surface area contributed by atoms with Crippen LogP contribution in [0, 0.1) is 0 Å². The van der Waals surface area contributed by atoms with E-state index in [-0.39, 0.29) is 30.0 Å². The molecule has 7 heteroatoms. The SMILES string of the molecule is O=C(CN1C(=O)C[C@H](c2ccco2)Sc2ccccc21)Nc1cccc(Cl)c1. The van der Waals surface area contributed by atoms with E-state index in [1.54, 1.807) is 42.3 Å². The summed E-state index contributed by atoms with van der Waals surface area (Å²) in [5, 5.41) is 3.20. The number of fused-ring (bicyclic) bond motifs is 1. The fourth-order valence-electron chi connectivity index (χ4n) is 3.09. The molecule has 0 unspecified atom stereocenters. The van der Waals surface area contributed by atoms with Gasteiger partial charge in [-0.15, -0.1) is 11.8 Å². The molecule has 0 fully saturated rings. The first-order valence-corrected chi connectivity index (χ1v) is 10.0. The molecular weight excluding hydrogens is 396 g/mol.